The van der Waals surface area contributed by atoms with Gasteiger partial charge in [-0.25, -0.2) is 4.39 Å². The summed E-state index contributed by atoms with van der Waals surface area (Å²) in [5.74, 6) is -2.45. The van der Waals surface area contributed by atoms with Gasteiger partial charge in [-0.15, -0.1) is 0 Å². The number of para-hydroxylation sites is 2. The van der Waals surface area contributed by atoms with Crippen LogP contribution in [0.4, 0.5) is 28.9 Å². The Labute approximate surface area is 176 Å². The average molecular weight is 438 g/mol. The largest absolute Gasteiger partial charge is 0.418 e. The van der Waals surface area contributed by atoms with E-state index in [0.29, 0.717) is 38.4 Å². The number of carbonyl (C=O) groups excluding carboxylic acids is 2. The minimum Gasteiger partial charge on any atom is -0.367 e. The van der Waals surface area contributed by atoms with Crippen molar-refractivity contribution >= 4 is 23.2 Å². The standard InChI is InChI=1S/C21H22F4N4O2/c22-16-6-2-4-8-18(16)29-13-11-28(12-14-29)10-9-26-19(30)20(31)27-17-7-3-1-5-15(17)21(23,24)25/h1-8H,9-14H2,(H,26,30)(H,27,31). The number of nitrogens with zero attached hydrogens (tertiary/aromatic N) is 2. The summed E-state index contributed by atoms with van der Waals surface area (Å²) in [5.41, 5.74) is -0.949. The molecule has 1 saturated heterocycles. The van der Waals surface area contributed by atoms with Crippen LogP contribution in [-0.4, -0.2) is 56.0 Å². The first kappa shape index (κ1) is 22.5. The van der Waals surface area contributed by atoms with Crippen molar-refractivity contribution in [3.8, 4) is 0 Å². The summed E-state index contributed by atoms with van der Waals surface area (Å²) in [6.07, 6.45) is -4.65. The Balaban J connectivity index is 1.43. The Hall–Kier alpha value is -3.14. The molecule has 1 aliphatic rings. The summed E-state index contributed by atoms with van der Waals surface area (Å²) < 4.78 is 52.8. The van der Waals surface area contributed by atoms with Crippen LogP contribution in [0, 0.1) is 5.82 Å². The van der Waals surface area contributed by atoms with Crippen LogP contribution in [0.1, 0.15) is 5.56 Å². The molecule has 2 aromatic carbocycles. The van der Waals surface area contributed by atoms with Crippen molar-refractivity contribution < 1.29 is 27.2 Å². The Morgan fingerprint density at radius 1 is 0.903 bits per heavy atom. The summed E-state index contributed by atoms with van der Waals surface area (Å²) in [6.45, 7) is 3.15. The van der Waals surface area contributed by atoms with Gasteiger partial charge in [0, 0.05) is 39.3 Å². The fourth-order valence-corrected chi connectivity index (χ4v) is 3.35. The van der Waals surface area contributed by atoms with Gasteiger partial charge in [0.25, 0.3) is 0 Å². The summed E-state index contributed by atoms with van der Waals surface area (Å²) in [6, 6.07) is 11.0. The van der Waals surface area contributed by atoms with Crippen LogP contribution in [0.25, 0.3) is 0 Å². The molecule has 10 heteroatoms. The molecule has 0 unspecified atom stereocenters. The highest BCUT2D eigenvalue weighted by molar-refractivity contribution is 6.39. The van der Waals surface area contributed by atoms with Gasteiger partial charge in [-0.1, -0.05) is 24.3 Å². The van der Waals surface area contributed by atoms with E-state index in [-0.39, 0.29) is 12.4 Å². The van der Waals surface area contributed by atoms with E-state index >= 15 is 0 Å². The molecule has 2 amide bonds. The van der Waals surface area contributed by atoms with Gasteiger partial charge in [0.2, 0.25) is 0 Å². The molecule has 0 aliphatic carbocycles. The van der Waals surface area contributed by atoms with Gasteiger partial charge in [-0.3, -0.25) is 14.5 Å². The number of rotatable bonds is 5. The molecule has 1 heterocycles. The average Bonchev–Trinajstić information content (AvgIpc) is 2.74. The van der Waals surface area contributed by atoms with Crippen molar-refractivity contribution in [3.63, 3.8) is 0 Å². The highest BCUT2D eigenvalue weighted by Crippen LogP contribution is 2.34. The molecule has 0 aromatic heterocycles. The maximum atomic E-state index is 13.9. The van der Waals surface area contributed by atoms with Crippen molar-refractivity contribution in [1.29, 1.82) is 0 Å². The molecule has 0 saturated carbocycles. The number of carbonyl (C=O) groups is 2. The monoisotopic (exact) mass is 438 g/mol. The SMILES string of the molecule is O=C(NCCN1CCN(c2ccccc2F)CC1)C(=O)Nc1ccccc1C(F)(F)F. The van der Waals surface area contributed by atoms with Crippen molar-refractivity contribution in [1.82, 2.24) is 10.2 Å². The molecule has 0 atom stereocenters. The zero-order valence-electron chi connectivity index (χ0n) is 16.6. The zero-order valence-corrected chi connectivity index (χ0v) is 16.6. The first-order chi connectivity index (χ1) is 14.8. The van der Waals surface area contributed by atoms with E-state index in [9.17, 15) is 27.2 Å². The van der Waals surface area contributed by atoms with Gasteiger partial charge in [0.15, 0.2) is 0 Å². The number of piperazine rings is 1. The number of halogens is 4. The summed E-state index contributed by atoms with van der Waals surface area (Å²) >= 11 is 0. The van der Waals surface area contributed by atoms with Crippen LogP contribution in [0.2, 0.25) is 0 Å². The lowest BCUT2D eigenvalue weighted by molar-refractivity contribution is -0.138. The van der Waals surface area contributed by atoms with E-state index < -0.39 is 29.2 Å². The second kappa shape index (κ2) is 9.78. The van der Waals surface area contributed by atoms with Crippen LogP contribution < -0.4 is 15.5 Å². The van der Waals surface area contributed by atoms with Crippen LogP contribution in [0.15, 0.2) is 48.5 Å². The Bertz CT molecular complexity index is 928. The summed E-state index contributed by atoms with van der Waals surface area (Å²) in [7, 11) is 0. The maximum absolute atomic E-state index is 13.9. The van der Waals surface area contributed by atoms with Gasteiger partial charge in [-0.2, -0.15) is 13.2 Å². The fraction of sp³-hybridized carbons (Fsp3) is 0.333. The molecule has 1 aliphatic heterocycles. The molecule has 2 N–H and O–H groups in total. The predicted molar refractivity (Wildman–Crippen MR) is 108 cm³/mol. The molecule has 0 radical (unpaired) electrons. The molecule has 2 aromatic rings. The minimum absolute atomic E-state index is 0.160. The second-order valence-corrected chi connectivity index (χ2v) is 7.03. The number of hydrogen-bond acceptors (Lipinski definition) is 4. The highest BCUT2D eigenvalue weighted by atomic mass is 19.4. The topological polar surface area (TPSA) is 64.7 Å². The number of alkyl halides is 3. The van der Waals surface area contributed by atoms with Crippen LogP contribution in [-0.2, 0) is 15.8 Å². The van der Waals surface area contributed by atoms with E-state index in [1.807, 2.05) is 10.2 Å². The Morgan fingerprint density at radius 3 is 2.23 bits per heavy atom. The molecule has 6 nitrogen and oxygen atoms in total. The number of benzene rings is 2. The first-order valence-electron chi connectivity index (χ1n) is 9.73. The zero-order chi connectivity index (χ0) is 22.4. The lowest BCUT2D eigenvalue weighted by atomic mass is 10.1. The van der Waals surface area contributed by atoms with E-state index in [0.717, 1.165) is 12.1 Å². The normalized spacial score (nSPS) is 14.9. The van der Waals surface area contributed by atoms with Gasteiger partial charge >= 0.3 is 18.0 Å². The summed E-state index contributed by atoms with van der Waals surface area (Å²) in [5, 5.41) is 4.42. The predicted octanol–water partition coefficient (Wildman–Crippen LogP) is 2.72. The number of hydrogen-bond donors (Lipinski definition) is 2. The second-order valence-electron chi connectivity index (χ2n) is 7.03. The van der Waals surface area contributed by atoms with Gasteiger partial charge in [-0.05, 0) is 24.3 Å². The first-order valence-corrected chi connectivity index (χ1v) is 9.73. The van der Waals surface area contributed by atoms with Crippen LogP contribution in [0.3, 0.4) is 0 Å². The maximum Gasteiger partial charge on any atom is 0.418 e. The summed E-state index contributed by atoms with van der Waals surface area (Å²) in [4.78, 5) is 27.9. The number of amides is 2. The minimum atomic E-state index is -4.65. The van der Waals surface area contributed by atoms with E-state index in [1.54, 1.807) is 18.2 Å². The molecular weight excluding hydrogens is 416 g/mol. The van der Waals surface area contributed by atoms with Gasteiger partial charge in [0.05, 0.1) is 16.9 Å². The van der Waals surface area contributed by atoms with E-state index in [1.165, 1.54) is 18.2 Å². The molecule has 0 spiro atoms. The van der Waals surface area contributed by atoms with E-state index in [4.69, 9.17) is 0 Å². The van der Waals surface area contributed by atoms with Crippen molar-refractivity contribution in [2.24, 2.45) is 0 Å². The van der Waals surface area contributed by atoms with Gasteiger partial charge in [0.1, 0.15) is 5.82 Å². The van der Waals surface area contributed by atoms with Crippen molar-refractivity contribution in [3.05, 3.63) is 59.9 Å². The number of nitrogens with one attached hydrogen (secondary N) is 2. The molecule has 31 heavy (non-hydrogen) atoms. The molecule has 0 bridgehead atoms. The Kier molecular flexibility index (Phi) is 7.11. The van der Waals surface area contributed by atoms with Crippen LogP contribution in [0.5, 0.6) is 0 Å². The van der Waals surface area contributed by atoms with Crippen LogP contribution >= 0.6 is 0 Å². The quantitative estimate of drug-likeness (QED) is 0.557. The molecule has 1 fully saturated rings. The third-order valence-corrected chi connectivity index (χ3v) is 4.97. The third-order valence-electron chi connectivity index (χ3n) is 4.97. The third kappa shape index (κ3) is 5.94. The Morgan fingerprint density at radius 2 is 1.55 bits per heavy atom. The highest BCUT2D eigenvalue weighted by Gasteiger charge is 2.34. The van der Waals surface area contributed by atoms with Crippen molar-refractivity contribution in [2.75, 3.05) is 49.5 Å². The molecular formula is C21H22F4N4O2. The number of anilines is 2. The van der Waals surface area contributed by atoms with Crippen molar-refractivity contribution in [2.45, 2.75) is 6.18 Å². The van der Waals surface area contributed by atoms with Gasteiger partial charge < -0.3 is 15.5 Å². The molecule has 3 rings (SSSR count). The molecule has 166 valence electrons. The smallest absolute Gasteiger partial charge is 0.367 e. The lowest BCUT2D eigenvalue weighted by Gasteiger charge is -2.36. The van der Waals surface area contributed by atoms with E-state index in [2.05, 4.69) is 10.2 Å². The fourth-order valence-electron chi connectivity index (χ4n) is 3.35. The lowest BCUT2D eigenvalue weighted by Crippen LogP contribution is -2.49.